The lowest BCUT2D eigenvalue weighted by molar-refractivity contribution is 0.566. The number of aromatic nitrogens is 1. The molecule has 0 fully saturated rings. The molecule has 2 heteroatoms. The molecule has 0 unspecified atom stereocenters. The third kappa shape index (κ3) is 1.76. The van der Waals surface area contributed by atoms with Crippen molar-refractivity contribution in [1.29, 1.82) is 0 Å². The minimum atomic E-state index is 0.0161. The summed E-state index contributed by atoms with van der Waals surface area (Å²) in [5.41, 5.74) is 1.79. The van der Waals surface area contributed by atoms with Gasteiger partial charge in [0.05, 0.1) is 0 Å². The van der Waals surface area contributed by atoms with E-state index >= 15 is 0 Å². The van der Waals surface area contributed by atoms with E-state index in [-0.39, 0.29) is 11.0 Å². The molecule has 0 spiro atoms. The summed E-state index contributed by atoms with van der Waals surface area (Å²) in [6.07, 6.45) is 0. The SMILES string of the molecule is Cc1ccc(C(C)(C)C)[nH]c1=O. The lowest BCUT2D eigenvalue weighted by Gasteiger charge is -2.17. The summed E-state index contributed by atoms with van der Waals surface area (Å²) in [5.74, 6) is 0. The maximum absolute atomic E-state index is 11.2. The van der Waals surface area contributed by atoms with E-state index in [0.29, 0.717) is 0 Å². The summed E-state index contributed by atoms with van der Waals surface area (Å²) in [4.78, 5) is 14.1. The summed E-state index contributed by atoms with van der Waals surface area (Å²) < 4.78 is 0. The summed E-state index contributed by atoms with van der Waals surface area (Å²) in [7, 11) is 0. The smallest absolute Gasteiger partial charge is 0.251 e. The molecule has 1 aromatic rings. The van der Waals surface area contributed by atoms with Gasteiger partial charge in [0.15, 0.2) is 0 Å². The molecule has 0 aliphatic rings. The fourth-order valence-corrected chi connectivity index (χ4v) is 0.984. The van der Waals surface area contributed by atoms with Gasteiger partial charge in [-0.15, -0.1) is 0 Å². The Labute approximate surface area is 72.6 Å². The number of pyridine rings is 1. The molecular weight excluding hydrogens is 150 g/mol. The second-order valence-electron chi connectivity index (χ2n) is 4.13. The monoisotopic (exact) mass is 165 g/mol. The van der Waals surface area contributed by atoms with E-state index < -0.39 is 0 Å². The van der Waals surface area contributed by atoms with Gasteiger partial charge in [-0.25, -0.2) is 0 Å². The third-order valence-electron chi connectivity index (χ3n) is 1.91. The van der Waals surface area contributed by atoms with Gasteiger partial charge < -0.3 is 4.98 Å². The number of hydrogen-bond acceptors (Lipinski definition) is 1. The first-order valence-electron chi connectivity index (χ1n) is 4.11. The summed E-state index contributed by atoms with van der Waals surface area (Å²) in [5, 5.41) is 0. The van der Waals surface area contributed by atoms with Crippen LogP contribution in [0.15, 0.2) is 16.9 Å². The Morgan fingerprint density at radius 3 is 2.25 bits per heavy atom. The quantitative estimate of drug-likeness (QED) is 0.626. The number of H-pyrrole nitrogens is 1. The van der Waals surface area contributed by atoms with Gasteiger partial charge in [0.25, 0.3) is 5.56 Å². The first-order chi connectivity index (χ1) is 5.41. The van der Waals surface area contributed by atoms with Gasteiger partial charge in [-0.3, -0.25) is 4.79 Å². The second-order valence-corrected chi connectivity index (χ2v) is 4.13. The first-order valence-corrected chi connectivity index (χ1v) is 4.11. The van der Waals surface area contributed by atoms with Crippen LogP contribution in [0.2, 0.25) is 0 Å². The van der Waals surface area contributed by atoms with Crippen molar-refractivity contribution in [2.45, 2.75) is 33.1 Å². The zero-order chi connectivity index (χ0) is 9.35. The van der Waals surface area contributed by atoms with Gasteiger partial charge in [-0.05, 0) is 13.0 Å². The number of aromatic amines is 1. The second kappa shape index (κ2) is 2.77. The van der Waals surface area contributed by atoms with Crippen molar-refractivity contribution < 1.29 is 0 Å². The summed E-state index contributed by atoms with van der Waals surface area (Å²) >= 11 is 0. The molecule has 0 aliphatic heterocycles. The highest BCUT2D eigenvalue weighted by molar-refractivity contribution is 5.17. The van der Waals surface area contributed by atoms with Crippen molar-refractivity contribution in [2.24, 2.45) is 0 Å². The normalized spacial score (nSPS) is 11.7. The van der Waals surface area contributed by atoms with Crippen molar-refractivity contribution in [3.8, 4) is 0 Å². The van der Waals surface area contributed by atoms with Crippen LogP contribution in [0.4, 0.5) is 0 Å². The van der Waals surface area contributed by atoms with Crippen LogP contribution in [-0.4, -0.2) is 4.98 Å². The number of aryl methyl sites for hydroxylation is 1. The van der Waals surface area contributed by atoms with Crippen molar-refractivity contribution in [1.82, 2.24) is 4.98 Å². The van der Waals surface area contributed by atoms with E-state index in [9.17, 15) is 4.79 Å². The molecule has 0 radical (unpaired) electrons. The van der Waals surface area contributed by atoms with Crippen LogP contribution in [0.25, 0.3) is 0 Å². The van der Waals surface area contributed by atoms with E-state index in [4.69, 9.17) is 0 Å². The van der Waals surface area contributed by atoms with Crippen molar-refractivity contribution in [3.63, 3.8) is 0 Å². The molecular formula is C10H15NO. The van der Waals surface area contributed by atoms with Crippen LogP contribution in [0, 0.1) is 6.92 Å². The molecule has 1 aromatic heterocycles. The fourth-order valence-electron chi connectivity index (χ4n) is 0.984. The molecule has 1 heterocycles. The summed E-state index contributed by atoms with van der Waals surface area (Å²) in [6.45, 7) is 8.04. The minimum Gasteiger partial charge on any atom is -0.325 e. The molecule has 0 aromatic carbocycles. The third-order valence-corrected chi connectivity index (χ3v) is 1.91. The number of hydrogen-bond donors (Lipinski definition) is 1. The van der Waals surface area contributed by atoms with Crippen LogP contribution in [0.3, 0.4) is 0 Å². The predicted molar refractivity (Wildman–Crippen MR) is 50.5 cm³/mol. The molecule has 66 valence electrons. The average molecular weight is 165 g/mol. The first kappa shape index (κ1) is 9.04. The Morgan fingerprint density at radius 2 is 1.83 bits per heavy atom. The fraction of sp³-hybridized carbons (Fsp3) is 0.500. The highest BCUT2D eigenvalue weighted by atomic mass is 16.1. The van der Waals surface area contributed by atoms with Crippen LogP contribution >= 0.6 is 0 Å². The molecule has 2 nitrogen and oxygen atoms in total. The van der Waals surface area contributed by atoms with Crippen molar-refractivity contribution in [2.75, 3.05) is 0 Å². The van der Waals surface area contributed by atoms with E-state index in [2.05, 4.69) is 25.8 Å². The van der Waals surface area contributed by atoms with Gasteiger partial charge in [0, 0.05) is 16.7 Å². The molecule has 0 bridgehead atoms. The highest BCUT2D eigenvalue weighted by Crippen LogP contribution is 2.18. The van der Waals surface area contributed by atoms with Gasteiger partial charge in [-0.2, -0.15) is 0 Å². The van der Waals surface area contributed by atoms with E-state index in [1.807, 2.05) is 19.1 Å². The highest BCUT2D eigenvalue weighted by Gasteiger charge is 2.14. The molecule has 0 atom stereocenters. The lowest BCUT2D eigenvalue weighted by atomic mass is 9.91. The maximum Gasteiger partial charge on any atom is 0.251 e. The Morgan fingerprint density at radius 1 is 1.25 bits per heavy atom. The van der Waals surface area contributed by atoms with Crippen LogP contribution < -0.4 is 5.56 Å². The Kier molecular flexibility index (Phi) is 2.09. The predicted octanol–water partition coefficient (Wildman–Crippen LogP) is 1.98. The van der Waals surface area contributed by atoms with Gasteiger partial charge in [0.1, 0.15) is 0 Å². The molecule has 1 rings (SSSR count). The van der Waals surface area contributed by atoms with Crippen molar-refractivity contribution in [3.05, 3.63) is 33.7 Å². The van der Waals surface area contributed by atoms with E-state index in [1.54, 1.807) is 0 Å². The average Bonchev–Trinajstić information content (AvgIpc) is 1.92. The number of rotatable bonds is 0. The molecule has 0 saturated carbocycles. The lowest BCUT2D eigenvalue weighted by Crippen LogP contribution is -2.20. The zero-order valence-electron chi connectivity index (χ0n) is 8.06. The topological polar surface area (TPSA) is 32.9 Å². The molecule has 1 N–H and O–H groups in total. The van der Waals surface area contributed by atoms with Crippen LogP contribution in [0.1, 0.15) is 32.0 Å². The van der Waals surface area contributed by atoms with Crippen molar-refractivity contribution >= 4 is 0 Å². The zero-order valence-corrected chi connectivity index (χ0v) is 8.06. The number of nitrogens with one attached hydrogen (secondary N) is 1. The molecule has 12 heavy (non-hydrogen) atoms. The molecule has 0 aliphatic carbocycles. The van der Waals surface area contributed by atoms with Gasteiger partial charge in [-0.1, -0.05) is 26.8 Å². The largest absolute Gasteiger partial charge is 0.325 e. The van der Waals surface area contributed by atoms with Crippen LogP contribution in [0.5, 0.6) is 0 Å². The van der Waals surface area contributed by atoms with E-state index in [0.717, 1.165) is 11.3 Å². The van der Waals surface area contributed by atoms with E-state index in [1.165, 1.54) is 0 Å². The minimum absolute atomic E-state index is 0.0161. The maximum atomic E-state index is 11.2. The van der Waals surface area contributed by atoms with Crippen LogP contribution in [-0.2, 0) is 5.41 Å². The Balaban J connectivity index is 3.23. The van der Waals surface area contributed by atoms with Gasteiger partial charge in [0.2, 0.25) is 0 Å². The Hall–Kier alpha value is -1.05. The van der Waals surface area contributed by atoms with Gasteiger partial charge >= 0.3 is 0 Å². The molecule has 0 amide bonds. The standard InChI is InChI=1S/C10H15NO/c1-7-5-6-8(10(2,3)4)11-9(7)12/h5-6H,1-4H3,(H,11,12). The Bertz CT molecular complexity index is 330. The molecule has 0 saturated heterocycles. The summed E-state index contributed by atoms with van der Waals surface area (Å²) in [6, 6.07) is 3.83.